The fourth-order valence-electron chi connectivity index (χ4n) is 4.39. The molecule has 2 amide bonds. The van der Waals surface area contributed by atoms with Gasteiger partial charge in [0.05, 0.1) is 12.8 Å². The van der Waals surface area contributed by atoms with Gasteiger partial charge < -0.3 is 25.2 Å². The summed E-state index contributed by atoms with van der Waals surface area (Å²) in [4.78, 5) is 36.3. The molecule has 1 heterocycles. The van der Waals surface area contributed by atoms with Crippen molar-refractivity contribution in [3.8, 4) is 11.1 Å². The molecule has 34 heavy (non-hydrogen) atoms. The third-order valence-corrected chi connectivity index (χ3v) is 6.13. The topological polar surface area (TPSA) is 114 Å². The third kappa shape index (κ3) is 5.57. The Morgan fingerprint density at radius 1 is 1.06 bits per heavy atom. The third-order valence-electron chi connectivity index (χ3n) is 6.13. The average molecular weight is 465 g/mol. The first kappa shape index (κ1) is 23.4. The summed E-state index contributed by atoms with van der Waals surface area (Å²) in [6, 6.07) is 15.0. The molecule has 0 radical (unpaired) electrons. The Morgan fingerprint density at radius 3 is 2.35 bits per heavy atom. The molecule has 0 bridgehead atoms. The number of alkyl carbamates (subject to hydrolysis) is 1. The van der Waals surface area contributed by atoms with Gasteiger partial charge in [-0.3, -0.25) is 9.59 Å². The Kier molecular flexibility index (Phi) is 7.47. The molecule has 4 rings (SSSR count). The lowest BCUT2D eigenvalue weighted by atomic mass is 9.98. The minimum Gasteiger partial charge on any atom is -0.497 e. The largest absolute Gasteiger partial charge is 0.497 e. The number of carboxylic acids is 1. The van der Waals surface area contributed by atoms with Gasteiger partial charge in [0.1, 0.15) is 18.8 Å². The molecule has 8 heteroatoms. The summed E-state index contributed by atoms with van der Waals surface area (Å²) >= 11 is 0. The summed E-state index contributed by atoms with van der Waals surface area (Å²) in [7, 11) is 0. The molecule has 2 aromatic rings. The van der Waals surface area contributed by atoms with Gasteiger partial charge in [-0.15, -0.1) is 0 Å². The lowest BCUT2D eigenvalue weighted by molar-refractivity contribution is -0.137. The molecule has 0 fully saturated rings. The van der Waals surface area contributed by atoms with Crippen molar-refractivity contribution in [2.75, 3.05) is 13.2 Å². The molecule has 0 saturated heterocycles. The molecule has 0 spiro atoms. The van der Waals surface area contributed by atoms with Crippen molar-refractivity contribution in [3.05, 3.63) is 72.0 Å². The maximum Gasteiger partial charge on any atom is 0.407 e. The maximum atomic E-state index is 12.7. The van der Waals surface area contributed by atoms with Crippen molar-refractivity contribution in [2.45, 2.75) is 43.7 Å². The Morgan fingerprint density at radius 2 is 1.74 bits per heavy atom. The summed E-state index contributed by atoms with van der Waals surface area (Å²) in [6.45, 7) is 0.383. The smallest absolute Gasteiger partial charge is 0.407 e. The Bertz CT molecular complexity index is 1040. The van der Waals surface area contributed by atoms with Gasteiger partial charge in [-0.2, -0.15) is 0 Å². The Labute approximate surface area is 198 Å². The van der Waals surface area contributed by atoms with E-state index in [-0.39, 0.29) is 38.0 Å². The summed E-state index contributed by atoms with van der Waals surface area (Å²) in [5.74, 6) is -1.62. The lowest BCUT2D eigenvalue weighted by Gasteiger charge is -2.22. The number of carbonyl (C=O) groups is 3. The summed E-state index contributed by atoms with van der Waals surface area (Å²) in [6.07, 6.45) is 3.94. The second-order valence-electron chi connectivity index (χ2n) is 8.41. The van der Waals surface area contributed by atoms with Crippen LogP contribution in [0.3, 0.4) is 0 Å². The van der Waals surface area contributed by atoms with Crippen LogP contribution in [0.25, 0.3) is 11.1 Å². The average Bonchev–Trinajstić information content (AvgIpc) is 3.18. The van der Waals surface area contributed by atoms with Gasteiger partial charge in [0.2, 0.25) is 5.91 Å². The van der Waals surface area contributed by atoms with E-state index in [1.54, 1.807) is 6.26 Å². The number of aliphatic carboxylic acids is 1. The van der Waals surface area contributed by atoms with E-state index in [9.17, 15) is 14.4 Å². The van der Waals surface area contributed by atoms with Gasteiger partial charge in [-0.25, -0.2) is 4.79 Å². The molecule has 0 saturated carbocycles. The quantitative estimate of drug-likeness (QED) is 0.523. The molecule has 2 unspecified atom stereocenters. The van der Waals surface area contributed by atoms with Gasteiger partial charge in [-0.05, 0) is 47.6 Å². The highest BCUT2D eigenvalue weighted by atomic mass is 16.5. The number of ether oxygens (including phenoxy) is 2. The van der Waals surface area contributed by atoms with E-state index in [1.165, 1.54) is 0 Å². The molecule has 1 aliphatic carbocycles. The van der Waals surface area contributed by atoms with Crippen LogP contribution in [-0.4, -0.2) is 48.4 Å². The first-order valence-corrected chi connectivity index (χ1v) is 11.4. The fraction of sp³-hybridized carbons (Fsp3) is 0.346. The Hall–Kier alpha value is -3.81. The van der Waals surface area contributed by atoms with E-state index in [2.05, 4.69) is 10.6 Å². The van der Waals surface area contributed by atoms with Crippen LogP contribution in [-0.2, 0) is 19.1 Å². The van der Waals surface area contributed by atoms with Crippen molar-refractivity contribution in [2.24, 2.45) is 0 Å². The van der Waals surface area contributed by atoms with E-state index in [0.29, 0.717) is 0 Å². The normalized spacial score (nSPS) is 17.1. The highest BCUT2D eigenvalue weighted by Crippen LogP contribution is 2.44. The van der Waals surface area contributed by atoms with E-state index in [4.69, 9.17) is 14.6 Å². The van der Waals surface area contributed by atoms with Crippen molar-refractivity contribution in [1.82, 2.24) is 10.6 Å². The number of hydrogen-bond donors (Lipinski definition) is 3. The maximum absolute atomic E-state index is 12.7. The summed E-state index contributed by atoms with van der Waals surface area (Å²) < 4.78 is 10.9. The van der Waals surface area contributed by atoms with Gasteiger partial charge in [0.25, 0.3) is 0 Å². The van der Waals surface area contributed by atoms with E-state index in [0.717, 1.165) is 35.1 Å². The number of benzene rings is 2. The molecule has 3 N–H and O–H groups in total. The van der Waals surface area contributed by atoms with Crippen LogP contribution in [0.5, 0.6) is 0 Å². The zero-order chi connectivity index (χ0) is 23.9. The number of fused-ring (bicyclic) bond motifs is 3. The number of carbonyl (C=O) groups excluding carboxylic acids is 2. The van der Waals surface area contributed by atoms with Crippen molar-refractivity contribution in [1.29, 1.82) is 0 Å². The highest BCUT2D eigenvalue weighted by Gasteiger charge is 2.30. The monoisotopic (exact) mass is 464 g/mol. The zero-order valence-electron chi connectivity index (χ0n) is 18.7. The molecule has 2 atom stereocenters. The predicted octanol–water partition coefficient (Wildman–Crippen LogP) is 3.57. The SMILES string of the molecule is O=C(O)CCC(NC(=O)OCC1c2ccccc2-c2ccccc21)C(=O)NCC1CCC=CO1. The van der Waals surface area contributed by atoms with Gasteiger partial charge in [0, 0.05) is 12.3 Å². The van der Waals surface area contributed by atoms with Crippen LogP contribution < -0.4 is 10.6 Å². The van der Waals surface area contributed by atoms with Gasteiger partial charge >= 0.3 is 12.1 Å². The van der Waals surface area contributed by atoms with Gasteiger partial charge in [0.15, 0.2) is 0 Å². The number of nitrogens with one attached hydrogen (secondary N) is 2. The number of amides is 2. The van der Waals surface area contributed by atoms with Crippen LogP contribution in [0.15, 0.2) is 60.9 Å². The molecular formula is C26H28N2O6. The molecule has 8 nitrogen and oxygen atoms in total. The van der Waals surface area contributed by atoms with Crippen LogP contribution in [0.2, 0.25) is 0 Å². The van der Waals surface area contributed by atoms with E-state index >= 15 is 0 Å². The van der Waals surface area contributed by atoms with Gasteiger partial charge in [-0.1, -0.05) is 48.5 Å². The molecule has 0 aromatic heterocycles. The minimum atomic E-state index is -1.05. The summed E-state index contributed by atoms with van der Waals surface area (Å²) in [5.41, 5.74) is 4.40. The second kappa shape index (κ2) is 10.9. The number of hydrogen-bond acceptors (Lipinski definition) is 5. The highest BCUT2D eigenvalue weighted by molar-refractivity contribution is 5.86. The van der Waals surface area contributed by atoms with Crippen LogP contribution >= 0.6 is 0 Å². The minimum absolute atomic E-state index is 0.0449. The lowest BCUT2D eigenvalue weighted by Crippen LogP contribution is -2.49. The predicted molar refractivity (Wildman–Crippen MR) is 125 cm³/mol. The second-order valence-corrected chi connectivity index (χ2v) is 8.41. The molecule has 2 aliphatic rings. The molecule has 178 valence electrons. The standard InChI is InChI=1S/C26H28N2O6/c29-24(30)13-12-23(25(31)27-15-17-7-5-6-14-33-17)28-26(32)34-16-22-20-10-3-1-8-18(20)19-9-2-4-11-21(19)22/h1-4,6,8-11,14,17,22-23H,5,7,12-13,15-16H2,(H,27,31)(H,28,32)(H,29,30). The fourth-order valence-corrected chi connectivity index (χ4v) is 4.39. The number of carboxylic acid groups (broad SMARTS) is 1. The number of allylic oxidation sites excluding steroid dienone is 1. The van der Waals surface area contributed by atoms with Crippen molar-refractivity contribution in [3.63, 3.8) is 0 Å². The Balaban J connectivity index is 1.36. The first-order chi connectivity index (χ1) is 16.5. The molecule has 2 aromatic carbocycles. The van der Waals surface area contributed by atoms with Crippen LogP contribution in [0.4, 0.5) is 4.79 Å². The van der Waals surface area contributed by atoms with E-state index in [1.807, 2.05) is 54.6 Å². The summed E-state index contributed by atoms with van der Waals surface area (Å²) in [5, 5.41) is 14.3. The zero-order valence-corrected chi connectivity index (χ0v) is 18.7. The van der Waals surface area contributed by atoms with Crippen molar-refractivity contribution >= 4 is 18.0 Å². The van der Waals surface area contributed by atoms with E-state index < -0.39 is 24.0 Å². The first-order valence-electron chi connectivity index (χ1n) is 11.4. The number of rotatable bonds is 9. The van der Waals surface area contributed by atoms with Crippen molar-refractivity contribution < 1.29 is 29.0 Å². The molecular weight excluding hydrogens is 436 g/mol. The molecule has 1 aliphatic heterocycles. The van der Waals surface area contributed by atoms with Crippen LogP contribution in [0.1, 0.15) is 42.7 Å². The van der Waals surface area contributed by atoms with Crippen LogP contribution in [0, 0.1) is 0 Å².